The van der Waals surface area contributed by atoms with Crippen LogP contribution in [0.1, 0.15) is 10.4 Å². The summed E-state index contributed by atoms with van der Waals surface area (Å²) < 4.78 is 18.2. The van der Waals surface area contributed by atoms with Crippen LogP contribution in [0.15, 0.2) is 47.0 Å². The third kappa shape index (κ3) is 2.39. The first-order valence-electron chi connectivity index (χ1n) is 6.21. The van der Waals surface area contributed by atoms with Gasteiger partial charge < -0.3 is 14.7 Å². The van der Waals surface area contributed by atoms with Gasteiger partial charge in [-0.3, -0.25) is 0 Å². The second-order valence-electron chi connectivity index (χ2n) is 4.44. The largest absolute Gasteiger partial charge is 0.506 e. The SMILES string of the molecule is O=C(O)c1cccc(-c2noc(-c3cccc(F)c3)n2)c1O. The summed E-state index contributed by atoms with van der Waals surface area (Å²) in [6.45, 7) is 0. The Morgan fingerprint density at radius 1 is 1.18 bits per heavy atom. The predicted molar refractivity (Wildman–Crippen MR) is 73.8 cm³/mol. The lowest BCUT2D eigenvalue weighted by molar-refractivity contribution is 0.0694. The first kappa shape index (κ1) is 13.7. The molecule has 1 heterocycles. The number of rotatable bonds is 3. The Morgan fingerprint density at radius 3 is 2.68 bits per heavy atom. The van der Waals surface area contributed by atoms with E-state index < -0.39 is 17.5 Å². The molecule has 2 N–H and O–H groups in total. The lowest BCUT2D eigenvalue weighted by Crippen LogP contribution is -1.97. The van der Waals surface area contributed by atoms with Crippen molar-refractivity contribution < 1.29 is 23.9 Å². The molecule has 3 rings (SSSR count). The van der Waals surface area contributed by atoms with E-state index in [0.717, 1.165) is 0 Å². The number of aromatic nitrogens is 2. The molecule has 0 aliphatic rings. The minimum atomic E-state index is -1.27. The van der Waals surface area contributed by atoms with Crippen LogP contribution in [-0.4, -0.2) is 26.3 Å². The highest BCUT2D eigenvalue weighted by Gasteiger charge is 2.18. The molecule has 6 nitrogen and oxygen atoms in total. The number of hydrogen-bond donors (Lipinski definition) is 2. The zero-order chi connectivity index (χ0) is 15.7. The molecule has 0 spiro atoms. The van der Waals surface area contributed by atoms with Gasteiger partial charge in [0.05, 0.1) is 5.56 Å². The Labute approximate surface area is 123 Å². The van der Waals surface area contributed by atoms with Gasteiger partial charge in [0.1, 0.15) is 17.1 Å². The Kier molecular flexibility index (Phi) is 3.30. The van der Waals surface area contributed by atoms with E-state index in [4.69, 9.17) is 9.63 Å². The average Bonchev–Trinajstić information content (AvgIpc) is 2.97. The predicted octanol–water partition coefficient (Wildman–Crippen LogP) is 2.95. The molecule has 0 amide bonds. The highest BCUT2D eigenvalue weighted by molar-refractivity contribution is 5.93. The molecule has 0 fully saturated rings. The summed E-state index contributed by atoms with van der Waals surface area (Å²) in [6.07, 6.45) is 0. The monoisotopic (exact) mass is 300 g/mol. The molecule has 0 atom stereocenters. The fourth-order valence-corrected chi connectivity index (χ4v) is 1.97. The van der Waals surface area contributed by atoms with Crippen molar-refractivity contribution in [2.75, 3.05) is 0 Å². The molecule has 2 aromatic carbocycles. The third-order valence-corrected chi connectivity index (χ3v) is 3.00. The molecule has 0 aliphatic heterocycles. The molecule has 0 aliphatic carbocycles. The molecular formula is C15H9FN2O4. The molecule has 0 saturated carbocycles. The van der Waals surface area contributed by atoms with Gasteiger partial charge >= 0.3 is 5.97 Å². The van der Waals surface area contributed by atoms with Gasteiger partial charge in [-0.15, -0.1) is 0 Å². The number of hydrogen-bond acceptors (Lipinski definition) is 5. The molecule has 0 bridgehead atoms. The number of para-hydroxylation sites is 1. The Morgan fingerprint density at radius 2 is 1.95 bits per heavy atom. The Balaban J connectivity index is 2.05. The number of carboxylic acid groups (broad SMARTS) is 1. The number of benzene rings is 2. The topological polar surface area (TPSA) is 96.5 Å². The first-order chi connectivity index (χ1) is 10.6. The fourth-order valence-electron chi connectivity index (χ4n) is 1.97. The van der Waals surface area contributed by atoms with Gasteiger partial charge in [0.25, 0.3) is 5.89 Å². The van der Waals surface area contributed by atoms with Crippen LogP contribution >= 0.6 is 0 Å². The molecular weight excluding hydrogens is 291 g/mol. The van der Waals surface area contributed by atoms with E-state index in [2.05, 4.69) is 10.1 Å². The van der Waals surface area contributed by atoms with Gasteiger partial charge in [-0.1, -0.05) is 17.3 Å². The molecule has 1 aromatic heterocycles. The van der Waals surface area contributed by atoms with E-state index in [1.54, 1.807) is 6.07 Å². The van der Waals surface area contributed by atoms with Crippen LogP contribution in [-0.2, 0) is 0 Å². The quantitative estimate of drug-likeness (QED) is 0.772. The maximum absolute atomic E-state index is 13.2. The fraction of sp³-hybridized carbons (Fsp3) is 0. The molecule has 22 heavy (non-hydrogen) atoms. The number of aromatic hydroxyl groups is 1. The normalized spacial score (nSPS) is 10.6. The van der Waals surface area contributed by atoms with E-state index in [1.165, 1.54) is 36.4 Å². The summed E-state index contributed by atoms with van der Waals surface area (Å²) in [5.74, 6) is -2.10. The van der Waals surface area contributed by atoms with E-state index >= 15 is 0 Å². The summed E-state index contributed by atoms with van der Waals surface area (Å²) in [4.78, 5) is 15.1. The number of halogens is 1. The average molecular weight is 300 g/mol. The third-order valence-electron chi connectivity index (χ3n) is 3.00. The van der Waals surface area contributed by atoms with Crippen LogP contribution in [0.3, 0.4) is 0 Å². The summed E-state index contributed by atoms with van der Waals surface area (Å²) in [5.41, 5.74) is 0.230. The van der Waals surface area contributed by atoms with Crippen molar-refractivity contribution >= 4 is 5.97 Å². The summed E-state index contributed by atoms with van der Waals surface area (Å²) in [6, 6.07) is 9.77. The van der Waals surface area contributed by atoms with Crippen molar-refractivity contribution in [3.63, 3.8) is 0 Å². The van der Waals surface area contributed by atoms with Crippen LogP contribution < -0.4 is 0 Å². The van der Waals surface area contributed by atoms with Crippen molar-refractivity contribution in [3.8, 4) is 28.6 Å². The molecule has 0 unspecified atom stereocenters. The second-order valence-corrected chi connectivity index (χ2v) is 4.44. The van der Waals surface area contributed by atoms with Crippen molar-refractivity contribution in [3.05, 3.63) is 53.8 Å². The molecule has 3 aromatic rings. The van der Waals surface area contributed by atoms with Crippen molar-refractivity contribution in [1.29, 1.82) is 0 Å². The number of carboxylic acids is 1. The second kappa shape index (κ2) is 5.28. The number of carbonyl (C=O) groups is 1. The van der Waals surface area contributed by atoms with Crippen molar-refractivity contribution in [1.82, 2.24) is 10.1 Å². The van der Waals surface area contributed by atoms with Gasteiger partial charge in [-0.05, 0) is 30.3 Å². The highest BCUT2D eigenvalue weighted by atomic mass is 19.1. The van der Waals surface area contributed by atoms with E-state index in [0.29, 0.717) is 5.56 Å². The molecule has 0 saturated heterocycles. The number of aromatic carboxylic acids is 1. The molecule has 0 radical (unpaired) electrons. The Hall–Kier alpha value is -3.22. The Bertz CT molecular complexity index is 860. The zero-order valence-corrected chi connectivity index (χ0v) is 11.0. The molecule has 110 valence electrons. The zero-order valence-electron chi connectivity index (χ0n) is 11.0. The molecule has 7 heteroatoms. The number of nitrogens with zero attached hydrogens (tertiary/aromatic N) is 2. The first-order valence-corrected chi connectivity index (χ1v) is 6.21. The smallest absolute Gasteiger partial charge is 0.339 e. The van der Waals surface area contributed by atoms with Gasteiger partial charge in [0.15, 0.2) is 0 Å². The van der Waals surface area contributed by atoms with Crippen LogP contribution in [0.25, 0.3) is 22.8 Å². The van der Waals surface area contributed by atoms with E-state index in [1.807, 2.05) is 0 Å². The highest BCUT2D eigenvalue weighted by Crippen LogP contribution is 2.31. The summed E-state index contributed by atoms with van der Waals surface area (Å²) in [5, 5.41) is 22.7. The minimum Gasteiger partial charge on any atom is -0.506 e. The minimum absolute atomic E-state index is 0.0138. The van der Waals surface area contributed by atoms with Crippen LogP contribution in [0, 0.1) is 5.82 Å². The van der Waals surface area contributed by atoms with Crippen LogP contribution in [0.4, 0.5) is 4.39 Å². The lowest BCUT2D eigenvalue weighted by Gasteiger charge is -2.02. The lowest BCUT2D eigenvalue weighted by atomic mass is 10.1. The maximum Gasteiger partial charge on any atom is 0.339 e. The van der Waals surface area contributed by atoms with Crippen molar-refractivity contribution in [2.24, 2.45) is 0 Å². The number of phenols is 1. The maximum atomic E-state index is 13.2. The van der Waals surface area contributed by atoms with Crippen molar-refractivity contribution in [2.45, 2.75) is 0 Å². The summed E-state index contributed by atoms with van der Waals surface area (Å²) in [7, 11) is 0. The van der Waals surface area contributed by atoms with Gasteiger partial charge in [0.2, 0.25) is 5.82 Å². The summed E-state index contributed by atoms with van der Waals surface area (Å²) >= 11 is 0. The standard InChI is InChI=1S/C15H9FN2O4/c16-9-4-1-3-8(7-9)14-17-13(18-22-14)10-5-2-6-11(12(10)19)15(20)21/h1-7,19H,(H,20,21). The van der Waals surface area contributed by atoms with Gasteiger partial charge in [0, 0.05) is 5.56 Å². The van der Waals surface area contributed by atoms with Gasteiger partial charge in [-0.2, -0.15) is 4.98 Å². The van der Waals surface area contributed by atoms with E-state index in [9.17, 15) is 14.3 Å². The van der Waals surface area contributed by atoms with E-state index in [-0.39, 0.29) is 22.8 Å². The van der Waals surface area contributed by atoms with Crippen LogP contribution in [0.5, 0.6) is 5.75 Å². The van der Waals surface area contributed by atoms with Crippen LogP contribution in [0.2, 0.25) is 0 Å². The van der Waals surface area contributed by atoms with Gasteiger partial charge in [-0.25, -0.2) is 9.18 Å².